The number of nitrogens with zero attached hydrogens (tertiary/aromatic N) is 3. The highest BCUT2D eigenvalue weighted by molar-refractivity contribution is 6.36. The average Bonchev–Trinajstić information content (AvgIpc) is 3.18. The molecule has 8 heteroatoms. The number of halogens is 2. The van der Waals surface area contributed by atoms with Crippen molar-refractivity contribution in [2.24, 2.45) is 5.10 Å². The van der Waals surface area contributed by atoms with Gasteiger partial charge in [0, 0.05) is 27.9 Å². The molecule has 0 spiro atoms. The van der Waals surface area contributed by atoms with E-state index in [4.69, 9.17) is 23.2 Å². The van der Waals surface area contributed by atoms with Crippen molar-refractivity contribution >= 4 is 35.3 Å². The van der Waals surface area contributed by atoms with Gasteiger partial charge in [0.1, 0.15) is 11.4 Å². The van der Waals surface area contributed by atoms with Crippen molar-refractivity contribution in [3.05, 3.63) is 100 Å². The van der Waals surface area contributed by atoms with Gasteiger partial charge in [0.15, 0.2) is 0 Å². The summed E-state index contributed by atoms with van der Waals surface area (Å²) in [7, 11) is 0. The summed E-state index contributed by atoms with van der Waals surface area (Å²) in [4.78, 5) is 12.3. The van der Waals surface area contributed by atoms with Crippen LogP contribution in [0.15, 0.2) is 84.1 Å². The molecule has 0 bridgehead atoms. The molecule has 0 aliphatic carbocycles. The molecule has 2 N–H and O–H groups in total. The van der Waals surface area contributed by atoms with Crippen LogP contribution in [-0.2, 0) is 0 Å². The third-order valence-electron chi connectivity index (χ3n) is 4.43. The van der Waals surface area contributed by atoms with E-state index in [1.54, 1.807) is 41.2 Å². The van der Waals surface area contributed by atoms with Gasteiger partial charge in [0.25, 0.3) is 5.91 Å². The molecule has 31 heavy (non-hydrogen) atoms. The maximum absolute atomic E-state index is 12.3. The summed E-state index contributed by atoms with van der Waals surface area (Å²) in [5, 5.41) is 19.2. The second-order valence-corrected chi connectivity index (χ2v) is 7.43. The second-order valence-electron chi connectivity index (χ2n) is 6.59. The standard InChI is InChI=1S/C23H16Cl2N4O2/c24-17-9-10-20(21(25)12-17)22-16(14-29(28-22)18-6-2-1-3-7-18)13-26-27-23(31)15-5-4-8-19(30)11-15/h1-14,30H,(H,27,31)/b26-13+. The first-order valence-corrected chi connectivity index (χ1v) is 10.00. The fourth-order valence-corrected chi connectivity index (χ4v) is 3.46. The number of hydrazone groups is 1. The monoisotopic (exact) mass is 450 g/mol. The fourth-order valence-electron chi connectivity index (χ4n) is 2.96. The predicted octanol–water partition coefficient (Wildman–Crippen LogP) is 5.32. The van der Waals surface area contributed by atoms with Gasteiger partial charge in [-0.15, -0.1) is 0 Å². The predicted molar refractivity (Wildman–Crippen MR) is 122 cm³/mol. The van der Waals surface area contributed by atoms with Crippen LogP contribution >= 0.6 is 23.2 Å². The van der Waals surface area contributed by atoms with E-state index in [-0.39, 0.29) is 11.3 Å². The Morgan fingerprint density at radius 2 is 1.84 bits per heavy atom. The van der Waals surface area contributed by atoms with Gasteiger partial charge < -0.3 is 5.11 Å². The van der Waals surface area contributed by atoms with Gasteiger partial charge in [-0.3, -0.25) is 4.79 Å². The van der Waals surface area contributed by atoms with Gasteiger partial charge in [-0.05, 0) is 48.5 Å². The molecule has 0 atom stereocenters. The topological polar surface area (TPSA) is 79.5 Å². The number of aromatic nitrogens is 2. The van der Waals surface area contributed by atoms with Crippen LogP contribution in [0.2, 0.25) is 10.0 Å². The molecule has 3 aromatic carbocycles. The molecule has 1 amide bonds. The maximum Gasteiger partial charge on any atom is 0.271 e. The van der Waals surface area contributed by atoms with Crippen LogP contribution in [0.25, 0.3) is 16.9 Å². The van der Waals surface area contributed by atoms with Crippen molar-refractivity contribution in [3.63, 3.8) is 0 Å². The molecule has 0 fully saturated rings. The van der Waals surface area contributed by atoms with Crippen LogP contribution in [0.3, 0.4) is 0 Å². The Morgan fingerprint density at radius 3 is 2.58 bits per heavy atom. The lowest BCUT2D eigenvalue weighted by molar-refractivity contribution is 0.0954. The van der Waals surface area contributed by atoms with Crippen molar-refractivity contribution in [1.29, 1.82) is 0 Å². The van der Waals surface area contributed by atoms with Crippen LogP contribution in [0, 0.1) is 0 Å². The number of hydrogen-bond donors (Lipinski definition) is 2. The highest BCUT2D eigenvalue weighted by Crippen LogP contribution is 2.31. The van der Waals surface area contributed by atoms with Gasteiger partial charge in [-0.25, -0.2) is 10.1 Å². The summed E-state index contributed by atoms with van der Waals surface area (Å²) < 4.78 is 1.71. The Labute approximate surface area is 188 Å². The van der Waals surface area contributed by atoms with E-state index in [0.29, 0.717) is 26.9 Å². The number of benzene rings is 3. The molecule has 6 nitrogen and oxygen atoms in total. The van der Waals surface area contributed by atoms with E-state index >= 15 is 0 Å². The third-order valence-corrected chi connectivity index (χ3v) is 4.98. The number of rotatable bonds is 5. The molecule has 154 valence electrons. The number of amides is 1. The summed E-state index contributed by atoms with van der Waals surface area (Å²) in [6.07, 6.45) is 3.28. The van der Waals surface area contributed by atoms with E-state index in [1.807, 2.05) is 30.3 Å². The lowest BCUT2D eigenvalue weighted by Gasteiger charge is -2.03. The molecular formula is C23H16Cl2N4O2. The zero-order valence-electron chi connectivity index (χ0n) is 16.0. The van der Waals surface area contributed by atoms with E-state index in [0.717, 1.165) is 5.69 Å². The van der Waals surface area contributed by atoms with E-state index in [9.17, 15) is 9.90 Å². The molecule has 4 aromatic rings. The first-order valence-electron chi connectivity index (χ1n) is 9.24. The van der Waals surface area contributed by atoms with Crippen molar-refractivity contribution < 1.29 is 9.90 Å². The minimum atomic E-state index is -0.450. The molecular weight excluding hydrogens is 435 g/mol. The van der Waals surface area contributed by atoms with Gasteiger partial charge in [0.2, 0.25) is 0 Å². The zero-order valence-corrected chi connectivity index (χ0v) is 17.5. The van der Waals surface area contributed by atoms with Crippen molar-refractivity contribution in [2.75, 3.05) is 0 Å². The summed E-state index contributed by atoms with van der Waals surface area (Å²) in [6, 6.07) is 20.8. The number of nitrogens with one attached hydrogen (secondary N) is 1. The number of para-hydroxylation sites is 1. The van der Waals surface area contributed by atoms with Crippen LogP contribution in [0.1, 0.15) is 15.9 Å². The Morgan fingerprint density at radius 1 is 1.03 bits per heavy atom. The quantitative estimate of drug-likeness (QED) is 0.319. The van der Waals surface area contributed by atoms with Crippen LogP contribution < -0.4 is 5.43 Å². The summed E-state index contributed by atoms with van der Waals surface area (Å²) in [5.74, 6) is -0.450. The summed E-state index contributed by atoms with van der Waals surface area (Å²) >= 11 is 12.4. The number of phenols is 1. The molecule has 0 saturated carbocycles. The number of carbonyl (C=O) groups is 1. The Bertz CT molecular complexity index is 1270. The SMILES string of the molecule is O=C(N/N=C/c1cn(-c2ccccc2)nc1-c1ccc(Cl)cc1Cl)c1cccc(O)c1. The normalized spacial score (nSPS) is 11.0. The lowest BCUT2D eigenvalue weighted by Crippen LogP contribution is -2.17. The minimum Gasteiger partial charge on any atom is -0.508 e. The number of phenolic OH excluding ortho intramolecular Hbond substituents is 1. The Balaban J connectivity index is 1.67. The first kappa shape index (κ1) is 20.7. The van der Waals surface area contributed by atoms with Crippen LogP contribution in [-0.4, -0.2) is 27.0 Å². The lowest BCUT2D eigenvalue weighted by atomic mass is 10.1. The zero-order chi connectivity index (χ0) is 21.8. The van der Waals surface area contributed by atoms with Crippen LogP contribution in [0.4, 0.5) is 0 Å². The highest BCUT2D eigenvalue weighted by atomic mass is 35.5. The van der Waals surface area contributed by atoms with Gasteiger partial charge >= 0.3 is 0 Å². The van der Waals surface area contributed by atoms with E-state index in [1.165, 1.54) is 18.3 Å². The minimum absolute atomic E-state index is 0.000401. The third kappa shape index (κ3) is 4.77. The Hall–Kier alpha value is -3.61. The van der Waals surface area contributed by atoms with E-state index in [2.05, 4.69) is 15.6 Å². The van der Waals surface area contributed by atoms with Crippen molar-refractivity contribution in [2.45, 2.75) is 0 Å². The maximum atomic E-state index is 12.3. The first-order chi connectivity index (χ1) is 15.0. The number of hydrogen-bond acceptors (Lipinski definition) is 4. The molecule has 4 rings (SSSR count). The van der Waals surface area contributed by atoms with E-state index < -0.39 is 5.91 Å². The van der Waals surface area contributed by atoms with Crippen molar-refractivity contribution in [3.8, 4) is 22.7 Å². The van der Waals surface area contributed by atoms with Crippen LogP contribution in [0.5, 0.6) is 5.75 Å². The largest absolute Gasteiger partial charge is 0.508 e. The fraction of sp³-hybridized carbons (Fsp3) is 0. The number of aromatic hydroxyl groups is 1. The number of carbonyl (C=O) groups excluding carboxylic acids is 1. The Kier molecular flexibility index (Phi) is 6.02. The highest BCUT2D eigenvalue weighted by Gasteiger charge is 2.14. The summed E-state index contributed by atoms with van der Waals surface area (Å²) in [5.41, 5.74) is 5.51. The summed E-state index contributed by atoms with van der Waals surface area (Å²) in [6.45, 7) is 0. The molecule has 1 heterocycles. The second kappa shape index (κ2) is 9.04. The van der Waals surface area contributed by atoms with Gasteiger partial charge in [-0.1, -0.05) is 47.5 Å². The molecule has 0 aliphatic heterocycles. The molecule has 1 aromatic heterocycles. The van der Waals surface area contributed by atoms with Gasteiger partial charge in [-0.2, -0.15) is 10.2 Å². The smallest absolute Gasteiger partial charge is 0.271 e. The molecule has 0 saturated heterocycles. The molecule has 0 aliphatic rings. The average molecular weight is 451 g/mol. The van der Waals surface area contributed by atoms with Crippen molar-refractivity contribution in [1.82, 2.24) is 15.2 Å². The molecule has 0 unspecified atom stereocenters. The van der Waals surface area contributed by atoms with Gasteiger partial charge in [0.05, 0.1) is 16.9 Å². The molecule has 0 radical (unpaired) electrons.